The predicted octanol–water partition coefficient (Wildman–Crippen LogP) is 2.58. The Morgan fingerprint density at radius 3 is 3.00 bits per heavy atom. The molecule has 1 aromatic heterocycles. The van der Waals surface area contributed by atoms with Gasteiger partial charge in [0.05, 0.1) is 9.40 Å². The Bertz CT molecular complexity index is 429. The summed E-state index contributed by atoms with van der Waals surface area (Å²) in [7, 11) is 0. The number of aromatic nitrogens is 1. The molecule has 0 amide bonds. The summed E-state index contributed by atoms with van der Waals surface area (Å²) in [6, 6.07) is 1.41. The van der Waals surface area contributed by atoms with E-state index in [1.54, 1.807) is 0 Å². The predicted molar refractivity (Wildman–Crippen MR) is 65.1 cm³/mol. The van der Waals surface area contributed by atoms with E-state index in [4.69, 9.17) is 6.42 Å². The molecule has 5 nitrogen and oxygen atoms in total. The minimum absolute atomic E-state index is 0.0407. The molecule has 0 radical (unpaired) electrons. The van der Waals surface area contributed by atoms with Crippen molar-refractivity contribution in [2.24, 2.45) is 0 Å². The smallest absolute Gasteiger partial charge is 0.288 e. The lowest BCUT2D eigenvalue weighted by Gasteiger charge is -2.05. The lowest BCUT2D eigenvalue weighted by atomic mass is 10.3. The molecule has 1 N–H and O–H groups in total. The molecule has 0 bridgehead atoms. The first-order valence-electron chi connectivity index (χ1n) is 4.62. The molecule has 84 valence electrons. The van der Waals surface area contributed by atoms with Gasteiger partial charge in [-0.1, -0.05) is 0 Å². The van der Waals surface area contributed by atoms with Crippen LogP contribution in [0.5, 0.6) is 0 Å². The lowest BCUT2D eigenvalue weighted by Crippen LogP contribution is -2.04. The van der Waals surface area contributed by atoms with Gasteiger partial charge in [0, 0.05) is 19.0 Å². The van der Waals surface area contributed by atoms with Crippen molar-refractivity contribution < 1.29 is 4.92 Å². The van der Waals surface area contributed by atoms with Gasteiger partial charge < -0.3 is 5.32 Å². The zero-order valence-corrected chi connectivity index (χ0v) is 10.0. The van der Waals surface area contributed by atoms with Gasteiger partial charge in [0.15, 0.2) is 0 Å². The maximum Gasteiger partial charge on any atom is 0.288 e. The largest absolute Gasteiger partial charge is 0.369 e. The van der Waals surface area contributed by atoms with Crippen LogP contribution in [0.25, 0.3) is 0 Å². The van der Waals surface area contributed by atoms with Gasteiger partial charge in [-0.15, -0.1) is 12.3 Å². The van der Waals surface area contributed by atoms with Crippen LogP contribution in [-0.4, -0.2) is 16.5 Å². The van der Waals surface area contributed by atoms with Crippen LogP contribution >= 0.6 is 15.9 Å². The number of nitro groups is 1. The summed E-state index contributed by atoms with van der Waals surface area (Å²) in [5, 5.41) is 13.5. The van der Waals surface area contributed by atoms with Gasteiger partial charge in [-0.2, -0.15) is 0 Å². The average molecular weight is 284 g/mol. The van der Waals surface area contributed by atoms with Crippen LogP contribution in [0.3, 0.4) is 0 Å². The zero-order chi connectivity index (χ0) is 12.0. The molecule has 0 unspecified atom stereocenters. The monoisotopic (exact) mass is 283 g/mol. The van der Waals surface area contributed by atoms with E-state index < -0.39 is 4.92 Å². The molecule has 1 rings (SSSR count). The van der Waals surface area contributed by atoms with Gasteiger partial charge in [0.1, 0.15) is 12.0 Å². The summed E-state index contributed by atoms with van der Waals surface area (Å²) >= 11 is 3.21. The number of halogens is 1. The standard InChI is InChI=1S/C10H10BrN3O2/c1-2-3-4-5-12-10-9(11)6-8(7-13-10)14(15)16/h1,6-7H,3-5H2,(H,12,13). The summed E-state index contributed by atoms with van der Waals surface area (Å²) in [5.41, 5.74) is -0.0407. The topological polar surface area (TPSA) is 68.1 Å². The van der Waals surface area contributed by atoms with E-state index in [-0.39, 0.29) is 5.69 Å². The molecular weight excluding hydrogens is 274 g/mol. The molecule has 0 aromatic carbocycles. The SMILES string of the molecule is C#CCCCNc1ncc([N+](=O)[O-])cc1Br. The van der Waals surface area contributed by atoms with Crippen molar-refractivity contribution in [1.82, 2.24) is 4.98 Å². The van der Waals surface area contributed by atoms with Gasteiger partial charge in [-0.25, -0.2) is 4.98 Å². The maximum atomic E-state index is 10.5. The fourth-order valence-electron chi connectivity index (χ4n) is 1.05. The first kappa shape index (κ1) is 12.5. The number of terminal acetylenes is 1. The summed E-state index contributed by atoms with van der Waals surface area (Å²) < 4.78 is 0.572. The normalized spacial score (nSPS) is 9.50. The van der Waals surface area contributed by atoms with Crippen molar-refractivity contribution in [2.45, 2.75) is 12.8 Å². The molecule has 0 atom stereocenters. The van der Waals surface area contributed by atoms with E-state index in [1.165, 1.54) is 12.3 Å². The Labute approximate surface area is 102 Å². The third kappa shape index (κ3) is 3.51. The van der Waals surface area contributed by atoms with E-state index in [1.807, 2.05) is 0 Å². The second-order valence-corrected chi connectivity index (χ2v) is 3.87. The van der Waals surface area contributed by atoms with Gasteiger partial charge in [-0.3, -0.25) is 10.1 Å². The maximum absolute atomic E-state index is 10.5. The van der Waals surface area contributed by atoms with Crippen molar-refractivity contribution in [2.75, 3.05) is 11.9 Å². The number of unbranched alkanes of at least 4 members (excludes halogenated alkanes) is 1. The van der Waals surface area contributed by atoms with Crippen LogP contribution in [0.15, 0.2) is 16.7 Å². The molecule has 1 heterocycles. The number of nitrogens with one attached hydrogen (secondary N) is 1. The molecule has 0 saturated heterocycles. The molecule has 0 aliphatic heterocycles. The van der Waals surface area contributed by atoms with E-state index in [2.05, 4.69) is 32.2 Å². The lowest BCUT2D eigenvalue weighted by molar-refractivity contribution is -0.385. The molecule has 0 fully saturated rings. The number of anilines is 1. The Balaban J connectivity index is 2.62. The van der Waals surface area contributed by atoms with Crippen LogP contribution in [0, 0.1) is 22.5 Å². The molecule has 0 aliphatic rings. The van der Waals surface area contributed by atoms with Crippen molar-refractivity contribution >= 4 is 27.4 Å². The quantitative estimate of drug-likeness (QED) is 0.390. The van der Waals surface area contributed by atoms with E-state index in [0.717, 1.165) is 6.42 Å². The fourth-order valence-corrected chi connectivity index (χ4v) is 1.53. The number of pyridine rings is 1. The van der Waals surface area contributed by atoms with Crippen LogP contribution in [0.2, 0.25) is 0 Å². The van der Waals surface area contributed by atoms with E-state index in [9.17, 15) is 10.1 Å². The van der Waals surface area contributed by atoms with E-state index >= 15 is 0 Å². The van der Waals surface area contributed by atoms with Crippen LogP contribution in [-0.2, 0) is 0 Å². The van der Waals surface area contributed by atoms with Crippen LogP contribution < -0.4 is 5.32 Å². The number of nitrogens with zero attached hydrogens (tertiary/aromatic N) is 2. The van der Waals surface area contributed by atoms with Gasteiger partial charge in [-0.05, 0) is 22.4 Å². The summed E-state index contributed by atoms with van der Waals surface area (Å²) in [6.07, 6.45) is 7.86. The second-order valence-electron chi connectivity index (χ2n) is 3.02. The van der Waals surface area contributed by atoms with Crippen LogP contribution in [0.4, 0.5) is 11.5 Å². The van der Waals surface area contributed by atoms with Gasteiger partial charge in [0.2, 0.25) is 0 Å². The van der Waals surface area contributed by atoms with Crippen molar-refractivity contribution in [1.29, 1.82) is 0 Å². The molecule has 1 aromatic rings. The minimum atomic E-state index is -0.486. The highest BCUT2D eigenvalue weighted by atomic mass is 79.9. The molecule has 0 aliphatic carbocycles. The number of hydrogen-bond acceptors (Lipinski definition) is 4. The summed E-state index contributed by atoms with van der Waals surface area (Å²) in [4.78, 5) is 13.9. The fraction of sp³-hybridized carbons (Fsp3) is 0.300. The van der Waals surface area contributed by atoms with Crippen molar-refractivity contribution in [3.05, 3.63) is 26.9 Å². The highest BCUT2D eigenvalue weighted by Gasteiger charge is 2.09. The first-order chi connectivity index (χ1) is 7.65. The molecule has 0 spiro atoms. The van der Waals surface area contributed by atoms with Gasteiger partial charge >= 0.3 is 0 Å². The average Bonchev–Trinajstić information content (AvgIpc) is 2.26. The Kier molecular flexibility index (Phi) is 4.73. The summed E-state index contributed by atoms with van der Waals surface area (Å²) in [5.74, 6) is 3.12. The minimum Gasteiger partial charge on any atom is -0.369 e. The highest BCUT2D eigenvalue weighted by molar-refractivity contribution is 9.10. The van der Waals surface area contributed by atoms with Crippen LogP contribution in [0.1, 0.15) is 12.8 Å². The van der Waals surface area contributed by atoms with Crippen molar-refractivity contribution in [3.8, 4) is 12.3 Å². The molecular formula is C10H10BrN3O2. The molecule has 0 saturated carbocycles. The Hall–Kier alpha value is -1.61. The molecule has 6 heteroatoms. The third-order valence-electron chi connectivity index (χ3n) is 1.83. The number of hydrogen-bond donors (Lipinski definition) is 1. The van der Waals surface area contributed by atoms with E-state index in [0.29, 0.717) is 23.3 Å². The third-order valence-corrected chi connectivity index (χ3v) is 2.43. The second kappa shape index (κ2) is 6.08. The zero-order valence-electron chi connectivity index (χ0n) is 8.44. The highest BCUT2D eigenvalue weighted by Crippen LogP contribution is 2.24. The van der Waals surface area contributed by atoms with Crippen molar-refractivity contribution in [3.63, 3.8) is 0 Å². The van der Waals surface area contributed by atoms with Gasteiger partial charge in [0.25, 0.3) is 5.69 Å². The summed E-state index contributed by atoms with van der Waals surface area (Å²) in [6.45, 7) is 0.688. The Morgan fingerprint density at radius 2 is 2.44 bits per heavy atom. The molecule has 16 heavy (non-hydrogen) atoms. The Morgan fingerprint density at radius 1 is 1.69 bits per heavy atom. The number of rotatable bonds is 5. The first-order valence-corrected chi connectivity index (χ1v) is 5.41.